The van der Waals surface area contributed by atoms with E-state index in [9.17, 15) is 4.79 Å². The SMILES string of the molecule is CCOCCOCCOCCOCC(=O)OCc1ccccc1. The first-order chi connectivity index (χ1) is 11.3. The molecule has 0 aliphatic rings. The molecule has 0 atom stereocenters. The Morgan fingerprint density at radius 2 is 1.39 bits per heavy atom. The predicted molar refractivity (Wildman–Crippen MR) is 85.2 cm³/mol. The number of carbonyl (C=O) groups is 1. The van der Waals surface area contributed by atoms with E-state index in [0.717, 1.165) is 5.56 Å². The molecule has 23 heavy (non-hydrogen) atoms. The lowest BCUT2D eigenvalue weighted by Crippen LogP contribution is -2.16. The molecule has 0 radical (unpaired) electrons. The second-order valence-electron chi connectivity index (χ2n) is 4.62. The van der Waals surface area contributed by atoms with Gasteiger partial charge in [0, 0.05) is 6.61 Å². The third kappa shape index (κ3) is 11.7. The fourth-order valence-corrected chi connectivity index (χ4v) is 1.64. The summed E-state index contributed by atoms with van der Waals surface area (Å²) in [6.07, 6.45) is 0. The van der Waals surface area contributed by atoms with Crippen LogP contribution in [0.1, 0.15) is 12.5 Å². The maximum Gasteiger partial charge on any atom is 0.332 e. The molecule has 0 spiro atoms. The molecular formula is C17H26O6. The van der Waals surface area contributed by atoms with Gasteiger partial charge in [0.25, 0.3) is 0 Å². The zero-order chi connectivity index (χ0) is 16.6. The fraction of sp³-hybridized carbons (Fsp3) is 0.588. The van der Waals surface area contributed by atoms with Crippen LogP contribution in [-0.4, -0.2) is 58.8 Å². The van der Waals surface area contributed by atoms with Gasteiger partial charge in [0.2, 0.25) is 0 Å². The molecule has 0 amide bonds. The highest BCUT2D eigenvalue weighted by atomic mass is 16.6. The molecule has 1 rings (SSSR count). The highest BCUT2D eigenvalue weighted by molar-refractivity contribution is 5.70. The van der Waals surface area contributed by atoms with Crippen molar-refractivity contribution >= 4 is 5.97 Å². The van der Waals surface area contributed by atoms with Crippen molar-refractivity contribution in [1.82, 2.24) is 0 Å². The lowest BCUT2D eigenvalue weighted by atomic mass is 10.2. The highest BCUT2D eigenvalue weighted by Crippen LogP contribution is 2.00. The lowest BCUT2D eigenvalue weighted by Gasteiger charge is -2.07. The topological polar surface area (TPSA) is 63.2 Å². The Morgan fingerprint density at radius 3 is 2.00 bits per heavy atom. The van der Waals surface area contributed by atoms with Gasteiger partial charge < -0.3 is 23.7 Å². The second kappa shape index (κ2) is 14.1. The van der Waals surface area contributed by atoms with Crippen molar-refractivity contribution in [3.63, 3.8) is 0 Å². The van der Waals surface area contributed by atoms with Gasteiger partial charge in [-0.2, -0.15) is 0 Å². The van der Waals surface area contributed by atoms with Gasteiger partial charge in [-0.3, -0.25) is 0 Å². The molecule has 0 saturated carbocycles. The fourth-order valence-electron chi connectivity index (χ4n) is 1.64. The number of hydrogen-bond acceptors (Lipinski definition) is 6. The molecule has 1 aromatic rings. The molecule has 130 valence electrons. The van der Waals surface area contributed by atoms with E-state index in [1.807, 2.05) is 37.3 Å². The van der Waals surface area contributed by atoms with E-state index in [2.05, 4.69) is 0 Å². The first-order valence-corrected chi connectivity index (χ1v) is 7.83. The summed E-state index contributed by atoms with van der Waals surface area (Å²) in [6, 6.07) is 9.52. The Labute approximate surface area is 137 Å². The van der Waals surface area contributed by atoms with Crippen LogP contribution in [0.2, 0.25) is 0 Å². The second-order valence-corrected chi connectivity index (χ2v) is 4.62. The van der Waals surface area contributed by atoms with Crippen molar-refractivity contribution < 1.29 is 28.5 Å². The van der Waals surface area contributed by atoms with Crippen molar-refractivity contribution in [1.29, 1.82) is 0 Å². The summed E-state index contributed by atoms with van der Waals surface area (Å²) in [5, 5.41) is 0. The molecule has 0 bridgehead atoms. The lowest BCUT2D eigenvalue weighted by molar-refractivity contribution is -0.150. The number of ether oxygens (including phenoxy) is 5. The Balaban J connectivity index is 1.84. The van der Waals surface area contributed by atoms with Crippen LogP contribution in [0.25, 0.3) is 0 Å². The van der Waals surface area contributed by atoms with E-state index in [1.165, 1.54) is 0 Å². The molecule has 1 aromatic carbocycles. The van der Waals surface area contributed by atoms with Crippen LogP contribution in [0.15, 0.2) is 30.3 Å². The summed E-state index contributed by atoms with van der Waals surface area (Å²) < 4.78 is 26.0. The maximum atomic E-state index is 11.5. The predicted octanol–water partition coefficient (Wildman–Crippen LogP) is 1.82. The molecule has 0 saturated heterocycles. The van der Waals surface area contributed by atoms with Crippen LogP contribution in [-0.2, 0) is 35.1 Å². The van der Waals surface area contributed by atoms with E-state index in [4.69, 9.17) is 23.7 Å². The van der Waals surface area contributed by atoms with Crippen LogP contribution < -0.4 is 0 Å². The van der Waals surface area contributed by atoms with Gasteiger partial charge in [0.05, 0.1) is 39.6 Å². The van der Waals surface area contributed by atoms with Gasteiger partial charge in [-0.1, -0.05) is 30.3 Å². The van der Waals surface area contributed by atoms with Gasteiger partial charge in [0.1, 0.15) is 13.2 Å². The van der Waals surface area contributed by atoms with Crippen molar-refractivity contribution in [2.24, 2.45) is 0 Å². The van der Waals surface area contributed by atoms with Crippen LogP contribution >= 0.6 is 0 Å². The normalized spacial score (nSPS) is 10.7. The Morgan fingerprint density at radius 1 is 0.826 bits per heavy atom. The molecule has 6 nitrogen and oxygen atoms in total. The largest absolute Gasteiger partial charge is 0.459 e. The smallest absolute Gasteiger partial charge is 0.332 e. The molecule has 0 unspecified atom stereocenters. The summed E-state index contributed by atoms with van der Waals surface area (Å²) in [7, 11) is 0. The zero-order valence-electron chi connectivity index (χ0n) is 13.7. The first kappa shape index (κ1) is 19.6. The monoisotopic (exact) mass is 326 g/mol. The van der Waals surface area contributed by atoms with Crippen molar-refractivity contribution in [2.75, 3.05) is 52.9 Å². The van der Waals surface area contributed by atoms with Crippen LogP contribution in [0.3, 0.4) is 0 Å². The number of hydrogen-bond donors (Lipinski definition) is 0. The standard InChI is InChI=1S/C17H26O6/c1-2-19-8-9-20-10-11-21-12-13-22-15-17(18)23-14-16-6-4-3-5-7-16/h3-7H,2,8-15H2,1H3. The molecule has 6 heteroatoms. The van der Waals surface area contributed by atoms with Crippen LogP contribution in [0, 0.1) is 0 Å². The number of carbonyl (C=O) groups excluding carboxylic acids is 1. The average molecular weight is 326 g/mol. The number of esters is 1. The number of benzene rings is 1. The quantitative estimate of drug-likeness (QED) is 0.384. The zero-order valence-corrected chi connectivity index (χ0v) is 13.7. The minimum atomic E-state index is -0.381. The van der Waals surface area contributed by atoms with Gasteiger partial charge in [-0.15, -0.1) is 0 Å². The molecule has 0 heterocycles. The first-order valence-electron chi connectivity index (χ1n) is 7.83. The third-order valence-electron chi connectivity index (χ3n) is 2.78. The van der Waals surface area contributed by atoms with Gasteiger partial charge in [-0.25, -0.2) is 4.79 Å². The van der Waals surface area contributed by atoms with E-state index < -0.39 is 0 Å². The summed E-state index contributed by atoms with van der Waals surface area (Å²) in [5.74, 6) is -0.381. The van der Waals surface area contributed by atoms with Gasteiger partial charge >= 0.3 is 5.97 Å². The Hall–Kier alpha value is -1.47. The van der Waals surface area contributed by atoms with Gasteiger partial charge in [0.15, 0.2) is 0 Å². The summed E-state index contributed by atoms with van der Waals surface area (Å²) >= 11 is 0. The third-order valence-corrected chi connectivity index (χ3v) is 2.78. The molecule has 0 fully saturated rings. The van der Waals surface area contributed by atoms with E-state index in [0.29, 0.717) is 46.2 Å². The van der Waals surface area contributed by atoms with Crippen molar-refractivity contribution in [3.8, 4) is 0 Å². The summed E-state index contributed by atoms with van der Waals surface area (Å²) in [6.45, 7) is 5.79. The van der Waals surface area contributed by atoms with Crippen LogP contribution in [0.4, 0.5) is 0 Å². The Kier molecular flexibility index (Phi) is 12.0. The molecule has 0 aliphatic carbocycles. The van der Waals surface area contributed by atoms with Crippen molar-refractivity contribution in [3.05, 3.63) is 35.9 Å². The minimum absolute atomic E-state index is 0.0684. The minimum Gasteiger partial charge on any atom is -0.459 e. The summed E-state index contributed by atoms with van der Waals surface area (Å²) in [4.78, 5) is 11.5. The summed E-state index contributed by atoms with van der Waals surface area (Å²) in [5.41, 5.74) is 0.952. The molecular weight excluding hydrogens is 300 g/mol. The van der Waals surface area contributed by atoms with Gasteiger partial charge in [-0.05, 0) is 12.5 Å². The number of rotatable bonds is 14. The molecule has 0 aliphatic heterocycles. The maximum absolute atomic E-state index is 11.5. The average Bonchev–Trinajstić information content (AvgIpc) is 2.59. The van der Waals surface area contributed by atoms with E-state index >= 15 is 0 Å². The highest BCUT2D eigenvalue weighted by Gasteiger charge is 2.03. The molecule has 0 aromatic heterocycles. The van der Waals surface area contributed by atoms with Crippen molar-refractivity contribution in [2.45, 2.75) is 13.5 Å². The van der Waals surface area contributed by atoms with E-state index in [-0.39, 0.29) is 19.2 Å². The van der Waals surface area contributed by atoms with E-state index in [1.54, 1.807) is 0 Å². The molecule has 0 N–H and O–H groups in total. The Bertz CT molecular complexity index is 395. The van der Waals surface area contributed by atoms with Crippen LogP contribution in [0.5, 0.6) is 0 Å².